The quantitative estimate of drug-likeness (QED) is 0.328. The van der Waals surface area contributed by atoms with Gasteiger partial charge in [-0.05, 0) is 36.8 Å². The van der Waals surface area contributed by atoms with Gasteiger partial charge in [0.25, 0.3) is 0 Å². The van der Waals surface area contributed by atoms with Gasteiger partial charge in [-0.25, -0.2) is 9.38 Å². The van der Waals surface area contributed by atoms with Crippen molar-refractivity contribution in [3.63, 3.8) is 0 Å². The maximum Gasteiger partial charge on any atom is 0.191 e. The highest BCUT2D eigenvalue weighted by Crippen LogP contribution is 2.16. The number of fused-ring (bicyclic) bond motifs is 1. The normalized spacial score (nSPS) is 11.3. The summed E-state index contributed by atoms with van der Waals surface area (Å²) >= 11 is 5.80. The molecule has 3 aromatic rings. The van der Waals surface area contributed by atoms with Gasteiger partial charge in [-0.1, -0.05) is 23.7 Å². The molecule has 0 amide bonds. The molecule has 138 valence electrons. The minimum absolute atomic E-state index is 0. The fraction of sp³-hybridized carbons (Fsp3) is 0.235. The summed E-state index contributed by atoms with van der Waals surface area (Å²) in [5.74, 6) is 0.986. The highest BCUT2D eigenvalue weighted by atomic mass is 127. The van der Waals surface area contributed by atoms with Crippen molar-refractivity contribution < 1.29 is 4.39 Å². The lowest BCUT2D eigenvalue weighted by atomic mass is 10.2. The zero-order valence-electron chi connectivity index (χ0n) is 14.1. The van der Waals surface area contributed by atoms with E-state index in [9.17, 15) is 4.39 Å². The van der Waals surface area contributed by atoms with Crippen LogP contribution in [0.2, 0.25) is 5.02 Å². The van der Waals surface area contributed by atoms with Crippen LogP contribution >= 0.6 is 35.6 Å². The predicted molar refractivity (Wildman–Crippen MR) is 111 cm³/mol. The number of guanidine groups is 1. The largest absolute Gasteiger partial charge is 0.357 e. The summed E-state index contributed by atoms with van der Waals surface area (Å²) in [5, 5.41) is 14.8. The minimum atomic E-state index is -0.432. The molecule has 0 fully saturated rings. The predicted octanol–water partition coefficient (Wildman–Crippen LogP) is 3.40. The van der Waals surface area contributed by atoms with Crippen molar-refractivity contribution in [2.24, 2.45) is 4.99 Å². The molecule has 0 aliphatic carbocycles. The molecule has 0 saturated heterocycles. The second-order valence-corrected chi connectivity index (χ2v) is 5.75. The van der Waals surface area contributed by atoms with E-state index < -0.39 is 5.82 Å². The fourth-order valence-electron chi connectivity index (χ4n) is 2.32. The molecular weight excluding hydrogens is 470 g/mol. The lowest BCUT2D eigenvalue weighted by Crippen LogP contribution is -2.37. The third-order valence-electron chi connectivity index (χ3n) is 3.55. The lowest BCUT2D eigenvalue weighted by molar-refractivity contribution is 0.627. The highest BCUT2D eigenvalue weighted by molar-refractivity contribution is 14.0. The molecule has 1 aromatic carbocycles. The topological polar surface area (TPSA) is 66.6 Å². The summed E-state index contributed by atoms with van der Waals surface area (Å²) in [7, 11) is 0. The molecular formula is C17H19ClFIN6. The third-order valence-corrected chi connectivity index (χ3v) is 3.84. The van der Waals surface area contributed by atoms with Gasteiger partial charge in [-0.2, -0.15) is 0 Å². The Morgan fingerprint density at radius 1 is 1.23 bits per heavy atom. The Bertz CT molecular complexity index is 898. The first-order valence-electron chi connectivity index (χ1n) is 7.92. The molecule has 2 heterocycles. The van der Waals surface area contributed by atoms with E-state index in [1.165, 1.54) is 6.07 Å². The number of rotatable bonds is 5. The molecule has 0 aliphatic rings. The molecule has 9 heteroatoms. The molecule has 0 unspecified atom stereocenters. The van der Waals surface area contributed by atoms with E-state index in [1.54, 1.807) is 12.1 Å². The van der Waals surface area contributed by atoms with Crippen LogP contribution in [0.25, 0.3) is 5.65 Å². The number of aromatic nitrogens is 3. The van der Waals surface area contributed by atoms with Crippen LogP contribution in [0, 0.1) is 5.82 Å². The van der Waals surface area contributed by atoms with Crippen LogP contribution in [-0.2, 0) is 13.1 Å². The summed E-state index contributed by atoms with van der Waals surface area (Å²) in [6, 6.07) is 10.3. The second kappa shape index (κ2) is 9.67. The maximum absolute atomic E-state index is 13.2. The van der Waals surface area contributed by atoms with Crippen molar-refractivity contribution in [1.82, 2.24) is 25.2 Å². The highest BCUT2D eigenvalue weighted by Gasteiger charge is 2.06. The van der Waals surface area contributed by atoms with E-state index in [4.69, 9.17) is 11.6 Å². The van der Waals surface area contributed by atoms with Gasteiger partial charge in [-0.15, -0.1) is 34.2 Å². The van der Waals surface area contributed by atoms with E-state index >= 15 is 0 Å². The van der Waals surface area contributed by atoms with Gasteiger partial charge in [0, 0.05) is 12.7 Å². The number of halogens is 3. The maximum atomic E-state index is 13.2. The first kappa shape index (κ1) is 20.4. The van der Waals surface area contributed by atoms with Crippen molar-refractivity contribution >= 4 is 47.2 Å². The average Bonchev–Trinajstić information content (AvgIpc) is 3.03. The first-order chi connectivity index (χ1) is 12.2. The van der Waals surface area contributed by atoms with Crippen molar-refractivity contribution in [2.75, 3.05) is 6.54 Å². The number of nitrogens with one attached hydrogen (secondary N) is 2. The Kier molecular flexibility index (Phi) is 7.58. The molecule has 26 heavy (non-hydrogen) atoms. The van der Waals surface area contributed by atoms with Gasteiger partial charge in [-0.3, -0.25) is 4.40 Å². The lowest BCUT2D eigenvalue weighted by Gasteiger charge is -2.10. The number of aliphatic imine (C=N–C) groups is 1. The van der Waals surface area contributed by atoms with E-state index in [2.05, 4.69) is 25.8 Å². The van der Waals surface area contributed by atoms with Crippen LogP contribution < -0.4 is 10.6 Å². The van der Waals surface area contributed by atoms with Crippen LogP contribution in [-0.4, -0.2) is 27.1 Å². The molecule has 0 saturated carbocycles. The smallest absolute Gasteiger partial charge is 0.191 e. The second-order valence-electron chi connectivity index (χ2n) is 5.34. The molecule has 0 atom stereocenters. The number of nitrogens with zero attached hydrogens (tertiary/aromatic N) is 4. The zero-order chi connectivity index (χ0) is 17.6. The third kappa shape index (κ3) is 5.04. The summed E-state index contributed by atoms with van der Waals surface area (Å²) in [4.78, 5) is 4.49. The van der Waals surface area contributed by atoms with E-state index in [-0.39, 0.29) is 29.0 Å². The Morgan fingerprint density at radius 2 is 2.08 bits per heavy atom. The van der Waals surface area contributed by atoms with Crippen molar-refractivity contribution in [3.05, 3.63) is 64.8 Å². The average molecular weight is 489 g/mol. The SMILES string of the molecule is CCNC(=NCc1ccc(F)c(Cl)c1)NCc1nnc2ccccn12.I. The van der Waals surface area contributed by atoms with Crippen LogP contribution in [0.5, 0.6) is 0 Å². The van der Waals surface area contributed by atoms with Crippen LogP contribution in [0.4, 0.5) is 4.39 Å². The van der Waals surface area contributed by atoms with Crippen LogP contribution in [0.3, 0.4) is 0 Å². The number of benzene rings is 1. The molecule has 2 N–H and O–H groups in total. The summed E-state index contributed by atoms with van der Waals surface area (Å²) in [6.07, 6.45) is 1.91. The summed E-state index contributed by atoms with van der Waals surface area (Å²) in [6.45, 7) is 3.56. The Balaban J connectivity index is 0.00000243. The molecule has 0 aliphatic heterocycles. The van der Waals surface area contributed by atoms with Crippen LogP contribution in [0.1, 0.15) is 18.3 Å². The standard InChI is InChI=1S/C17H18ClFN6.HI/c1-2-20-17(21-10-12-6-7-14(19)13(18)9-12)22-11-16-24-23-15-5-3-4-8-25(15)16;/h3-9H,2,10-11H2,1H3,(H2,20,21,22);1H. The first-order valence-corrected chi connectivity index (χ1v) is 8.30. The van der Waals surface area contributed by atoms with Gasteiger partial charge in [0.05, 0.1) is 18.1 Å². The van der Waals surface area contributed by atoms with Gasteiger partial charge >= 0.3 is 0 Å². The van der Waals surface area contributed by atoms with Gasteiger partial charge in [0.1, 0.15) is 5.82 Å². The van der Waals surface area contributed by atoms with Crippen molar-refractivity contribution in [1.29, 1.82) is 0 Å². The van der Waals surface area contributed by atoms with Crippen LogP contribution in [0.15, 0.2) is 47.6 Å². The zero-order valence-corrected chi connectivity index (χ0v) is 17.2. The fourth-order valence-corrected chi connectivity index (χ4v) is 2.53. The molecule has 0 spiro atoms. The summed E-state index contributed by atoms with van der Waals surface area (Å²) < 4.78 is 15.1. The Morgan fingerprint density at radius 3 is 2.85 bits per heavy atom. The Hall–Kier alpha value is -1.94. The molecule has 3 rings (SSSR count). The van der Waals surface area contributed by atoms with Gasteiger partial charge in [0.2, 0.25) is 0 Å². The minimum Gasteiger partial charge on any atom is -0.357 e. The molecule has 0 bridgehead atoms. The Labute approximate surface area is 172 Å². The molecule has 0 radical (unpaired) electrons. The number of hydrogen-bond acceptors (Lipinski definition) is 3. The molecule has 2 aromatic heterocycles. The monoisotopic (exact) mass is 488 g/mol. The number of pyridine rings is 1. The van der Waals surface area contributed by atoms with Gasteiger partial charge < -0.3 is 10.6 Å². The molecule has 6 nitrogen and oxygen atoms in total. The van der Waals surface area contributed by atoms with E-state index in [0.717, 1.165) is 23.6 Å². The van der Waals surface area contributed by atoms with Gasteiger partial charge in [0.15, 0.2) is 17.4 Å². The van der Waals surface area contributed by atoms with Crippen molar-refractivity contribution in [3.8, 4) is 0 Å². The van der Waals surface area contributed by atoms with Crippen molar-refractivity contribution in [2.45, 2.75) is 20.0 Å². The van der Waals surface area contributed by atoms with E-state index in [1.807, 2.05) is 35.7 Å². The number of hydrogen-bond donors (Lipinski definition) is 2. The van der Waals surface area contributed by atoms with E-state index in [0.29, 0.717) is 19.0 Å². The summed E-state index contributed by atoms with van der Waals surface area (Å²) in [5.41, 5.74) is 1.62.